The highest BCUT2D eigenvalue weighted by Gasteiger charge is 2.42. The number of pyridine rings is 1. The van der Waals surface area contributed by atoms with Crippen molar-refractivity contribution in [2.75, 3.05) is 18.5 Å². The second kappa shape index (κ2) is 8.38. The number of nitrogens with zero attached hydrogens (tertiary/aromatic N) is 3. The Balaban J connectivity index is 1.66. The van der Waals surface area contributed by atoms with E-state index >= 15 is 0 Å². The van der Waals surface area contributed by atoms with E-state index in [9.17, 15) is 18.3 Å². The van der Waals surface area contributed by atoms with E-state index in [1.807, 2.05) is 27.7 Å². The summed E-state index contributed by atoms with van der Waals surface area (Å²) in [6.45, 7) is 5.98. The molecule has 11 heteroatoms. The molecule has 0 atom stereocenters. The maximum atomic E-state index is 12.7. The molecule has 0 unspecified atom stereocenters. The number of alkyl halides is 3. The van der Waals surface area contributed by atoms with Crippen LogP contribution in [-0.2, 0) is 5.41 Å². The van der Waals surface area contributed by atoms with Crippen LogP contribution in [-0.4, -0.2) is 56.4 Å². The number of aromatic nitrogens is 3. The van der Waals surface area contributed by atoms with E-state index in [1.165, 1.54) is 0 Å². The molecular formula is C23H27F3N4O4. The lowest BCUT2D eigenvalue weighted by Crippen LogP contribution is -2.53. The van der Waals surface area contributed by atoms with Gasteiger partial charge in [0.15, 0.2) is 6.61 Å². The van der Waals surface area contributed by atoms with Gasteiger partial charge in [-0.25, -0.2) is 4.98 Å². The maximum Gasteiger partial charge on any atom is 0.422 e. The first-order valence-electron chi connectivity index (χ1n) is 10.9. The van der Waals surface area contributed by atoms with Gasteiger partial charge < -0.3 is 24.7 Å². The van der Waals surface area contributed by atoms with Gasteiger partial charge >= 0.3 is 12.2 Å². The Morgan fingerprint density at radius 1 is 1.18 bits per heavy atom. The van der Waals surface area contributed by atoms with Crippen LogP contribution in [0.15, 0.2) is 22.6 Å². The van der Waals surface area contributed by atoms with Gasteiger partial charge in [-0.05, 0) is 54.5 Å². The first kappa shape index (κ1) is 24.2. The summed E-state index contributed by atoms with van der Waals surface area (Å²) in [6.07, 6.45) is -3.71. The molecule has 0 saturated heterocycles. The number of anilines is 1. The molecule has 0 amide bonds. The highest BCUT2D eigenvalue weighted by atomic mass is 19.4. The van der Waals surface area contributed by atoms with E-state index in [4.69, 9.17) is 19.2 Å². The molecule has 8 nitrogen and oxygen atoms in total. The van der Waals surface area contributed by atoms with Crippen LogP contribution in [0.2, 0.25) is 0 Å². The summed E-state index contributed by atoms with van der Waals surface area (Å²) >= 11 is 0. The minimum absolute atomic E-state index is 0.0978. The van der Waals surface area contributed by atoms with E-state index in [0.717, 1.165) is 11.1 Å². The number of benzene rings is 1. The maximum absolute atomic E-state index is 12.7. The summed E-state index contributed by atoms with van der Waals surface area (Å²) in [4.78, 5) is 4.71. The van der Waals surface area contributed by atoms with Gasteiger partial charge in [-0.15, -0.1) is 5.10 Å². The molecule has 1 aliphatic rings. The summed E-state index contributed by atoms with van der Waals surface area (Å²) in [6, 6.07) is 4.95. The number of aryl methyl sites for hydroxylation is 1. The lowest BCUT2D eigenvalue weighted by atomic mass is 9.76. The summed E-state index contributed by atoms with van der Waals surface area (Å²) in [5.74, 6) is 0.307. The van der Waals surface area contributed by atoms with Crippen molar-refractivity contribution in [3.63, 3.8) is 0 Å². The number of nitrogens with one attached hydrogen (secondary N) is 1. The standard InChI is InChI=1S/C23H27F3N4O4/c1-12-5-17(19-29-30-20(34-19)27-13-8-22(32,9-13)10-31)28-18-15(12)6-14(33-11-23(24,25)26)7-16(18)21(2,3)4/h5-7,13,31-32H,8-11H2,1-4H3,(H,27,30). The van der Waals surface area contributed by atoms with Crippen molar-refractivity contribution >= 4 is 16.9 Å². The number of aliphatic hydroxyl groups is 2. The van der Waals surface area contributed by atoms with E-state index in [2.05, 4.69) is 15.5 Å². The summed E-state index contributed by atoms with van der Waals surface area (Å²) in [5, 5.41) is 30.9. The molecule has 1 saturated carbocycles. The molecule has 2 aromatic heterocycles. The third-order valence-corrected chi connectivity index (χ3v) is 5.82. The number of ether oxygens (including phenoxy) is 1. The number of hydrogen-bond acceptors (Lipinski definition) is 8. The zero-order valence-corrected chi connectivity index (χ0v) is 19.3. The molecular weight excluding hydrogens is 453 g/mol. The predicted molar refractivity (Wildman–Crippen MR) is 119 cm³/mol. The first-order valence-corrected chi connectivity index (χ1v) is 10.9. The fourth-order valence-corrected chi connectivity index (χ4v) is 4.04. The van der Waals surface area contributed by atoms with Crippen molar-refractivity contribution in [3.8, 4) is 17.3 Å². The molecule has 1 aliphatic carbocycles. The molecule has 2 heterocycles. The van der Waals surface area contributed by atoms with Gasteiger partial charge in [0.1, 0.15) is 11.4 Å². The van der Waals surface area contributed by atoms with Gasteiger partial charge in [-0.3, -0.25) is 0 Å². The van der Waals surface area contributed by atoms with E-state index in [0.29, 0.717) is 29.4 Å². The molecule has 3 N–H and O–H groups in total. The van der Waals surface area contributed by atoms with Gasteiger partial charge in [0.25, 0.3) is 5.89 Å². The average molecular weight is 480 g/mol. The van der Waals surface area contributed by atoms with Crippen molar-refractivity contribution in [2.45, 2.75) is 63.8 Å². The molecule has 4 rings (SSSR count). The smallest absolute Gasteiger partial charge is 0.422 e. The largest absolute Gasteiger partial charge is 0.484 e. The van der Waals surface area contributed by atoms with Crippen molar-refractivity contribution in [1.82, 2.24) is 15.2 Å². The second-order valence-electron chi connectivity index (χ2n) is 9.89. The molecule has 0 aliphatic heterocycles. The fraction of sp³-hybridized carbons (Fsp3) is 0.522. The Morgan fingerprint density at radius 2 is 1.88 bits per heavy atom. The molecule has 3 aromatic rings. The van der Waals surface area contributed by atoms with Crippen molar-refractivity contribution in [1.29, 1.82) is 0 Å². The molecule has 34 heavy (non-hydrogen) atoms. The number of aliphatic hydroxyl groups excluding tert-OH is 1. The lowest BCUT2D eigenvalue weighted by Gasteiger charge is -2.42. The van der Waals surface area contributed by atoms with Gasteiger partial charge in [-0.2, -0.15) is 13.2 Å². The monoisotopic (exact) mass is 480 g/mol. The van der Waals surface area contributed by atoms with E-state index in [-0.39, 0.29) is 30.3 Å². The van der Waals surface area contributed by atoms with Crippen LogP contribution in [0.1, 0.15) is 44.7 Å². The van der Waals surface area contributed by atoms with E-state index in [1.54, 1.807) is 18.2 Å². The predicted octanol–water partition coefficient (Wildman–Crippen LogP) is 4.13. The molecule has 1 fully saturated rings. The molecule has 184 valence electrons. The van der Waals surface area contributed by atoms with Crippen LogP contribution < -0.4 is 10.1 Å². The first-order chi connectivity index (χ1) is 15.8. The van der Waals surface area contributed by atoms with Crippen LogP contribution in [0.25, 0.3) is 22.5 Å². The van der Waals surface area contributed by atoms with Crippen LogP contribution in [0.3, 0.4) is 0 Å². The zero-order valence-electron chi connectivity index (χ0n) is 19.3. The van der Waals surface area contributed by atoms with E-state index < -0.39 is 23.8 Å². The lowest BCUT2D eigenvalue weighted by molar-refractivity contribution is -0.153. The van der Waals surface area contributed by atoms with Crippen LogP contribution in [0.5, 0.6) is 5.75 Å². The average Bonchev–Trinajstić information content (AvgIpc) is 3.18. The Kier molecular flexibility index (Phi) is 5.97. The highest BCUT2D eigenvalue weighted by molar-refractivity contribution is 5.89. The highest BCUT2D eigenvalue weighted by Crippen LogP contribution is 2.37. The number of fused-ring (bicyclic) bond motifs is 1. The van der Waals surface area contributed by atoms with Crippen LogP contribution in [0, 0.1) is 6.92 Å². The second-order valence-corrected chi connectivity index (χ2v) is 9.89. The van der Waals surface area contributed by atoms with Gasteiger partial charge in [0.05, 0.1) is 17.7 Å². The summed E-state index contributed by atoms with van der Waals surface area (Å²) < 4.78 is 48.8. The Morgan fingerprint density at radius 3 is 2.50 bits per heavy atom. The van der Waals surface area contributed by atoms with Crippen molar-refractivity contribution < 1.29 is 32.5 Å². The van der Waals surface area contributed by atoms with Gasteiger partial charge in [-0.1, -0.05) is 25.9 Å². The van der Waals surface area contributed by atoms with Crippen LogP contribution >= 0.6 is 0 Å². The minimum atomic E-state index is -4.44. The Labute approximate surface area is 194 Å². The van der Waals surface area contributed by atoms with Crippen LogP contribution in [0.4, 0.5) is 19.2 Å². The number of halogens is 3. The third-order valence-electron chi connectivity index (χ3n) is 5.82. The molecule has 0 radical (unpaired) electrons. The molecule has 0 spiro atoms. The fourth-order valence-electron chi connectivity index (χ4n) is 4.04. The summed E-state index contributed by atoms with van der Waals surface area (Å²) in [7, 11) is 0. The SMILES string of the molecule is Cc1cc(-c2nnc(NC3CC(O)(CO)C3)o2)nc2c(C(C)(C)C)cc(OCC(F)(F)F)cc12. The minimum Gasteiger partial charge on any atom is -0.484 e. The number of rotatable bonds is 6. The number of hydrogen-bond donors (Lipinski definition) is 3. The molecule has 0 bridgehead atoms. The Hall–Kier alpha value is -2.92. The van der Waals surface area contributed by atoms with Gasteiger partial charge in [0, 0.05) is 11.4 Å². The normalized spacial score (nSPS) is 20.9. The summed E-state index contributed by atoms with van der Waals surface area (Å²) in [5.41, 5.74) is 1.03. The van der Waals surface area contributed by atoms with Crippen molar-refractivity contribution in [3.05, 3.63) is 29.3 Å². The molecule has 1 aromatic carbocycles. The zero-order chi connectivity index (χ0) is 24.9. The Bertz CT molecular complexity index is 1200. The third kappa shape index (κ3) is 5.10. The quantitative estimate of drug-likeness (QED) is 0.483. The topological polar surface area (TPSA) is 114 Å². The van der Waals surface area contributed by atoms with Crippen molar-refractivity contribution in [2.24, 2.45) is 0 Å². The van der Waals surface area contributed by atoms with Gasteiger partial charge in [0.2, 0.25) is 0 Å².